The predicted octanol–water partition coefficient (Wildman–Crippen LogP) is 3.42. The molecule has 0 spiro atoms. The van der Waals surface area contributed by atoms with Gasteiger partial charge in [0.2, 0.25) is 0 Å². The Balaban J connectivity index is 2.45. The van der Waals surface area contributed by atoms with E-state index in [-0.39, 0.29) is 0 Å². The zero-order chi connectivity index (χ0) is 12.0. The number of nitrogens with one attached hydrogen (secondary N) is 1. The number of benzene rings is 1. The highest BCUT2D eigenvalue weighted by Gasteiger charge is 2.08. The van der Waals surface area contributed by atoms with Crippen molar-refractivity contribution in [2.45, 2.75) is 32.9 Å². The second-order valence-corrected chi connectivity index (χ2v) is 4.44. The van der Waals surface area contributed by atoms with Gasteiger partial charge in [-0.2, -0.15) is 0 Å². The molecule has 1 aromatic rings. The summed E-state index contributed by atoms with van der Waals surface area (Å²) in [5.41, 5.74) is 1.24. The summed E-state index contributed by atoms with van der Waals surface area (Å²) in [4.78, 5) is 0. The van der Waals surface area contributed by atoms with E-state index in [0.717, 1.165) is 18.2 Å². The molecule has 1 aromatic carbocycles. The first-order valence-corrected chi connectivity index (χ1v) is 6.10. The zero-order valence-electron chi connectivity index (χ0n) is 10.2. The summed E-state index contributed by atoms with van der Waals surface area (Å²) in [6.07, 6.45) is 0. The van der Waals surface area contributed by atoms with Gasteiger partial charge in [-0.1, -0.05) is 23.7 Å². The maximum absolute atomic E-state index is 5.85. The normalized spacial score (nSPS) is 14.8. The summed E-state index contributed by atoms with van der Waals surface area (Å²) in [6.45, 7) is 7.79. The molecule has 1 rings (SSSR count). The minimum Gasteiger partial charge on any atom is -0.380 e. The van der Waals surface area contributed by atoms with Crippen molar-refractivity contribution in [1.82, 2.24) is 5.32 Å². The summed E-state index contributed by atoms with van der Waals surface area (Å²) >= 11 is 5.85. The van der Waals surface area contributed by atoms with Crippen LogP contribution in [0.4, 0.5) is 0 Å². The molecule has 3 heteroatoms. The average molecular weight is 242 g/mol. The molecule has 0 bridgehead atoms. The summed E-state index contributed by atoms with van der Waals surface area (Å²) < 4.78 is 5.37. The number of ether oxygens (including phenoxy) is 1. The van der Waals surface area contributed by atoms with E-state index in [9.17, 15) is 0 Å². The fraction of sp³-hybridized carbons (Fsp3) is 0.538. The van der Waals surface area contributed by atoms with Crippen molar-refractivity contribution in [3.63, 3.8) is 0 Å². The highest BCUT2D eigenvalue weighted by Crippen LogP contribution is 2.16. The highest BCUT2D eigenvalue weighted by molar-refractivity contribution is 6.30. The molecule has 1 N–H and O–H groups in total. The van der Waals surface area contributed by atoms with Crippen molar-refractivity contribution < 1.29 is 4.74 Å². The lowest BCUT2D eigenvalue weighted by molar-refractivity contribution is 0.124. The SMILES string of the molecule is CCOCC(C)N[C@H](C)c1ccc(Cl)cc1. The molecule has 0 amide bonds. The first-order chi connectivity index (χ1) is 7.63. The van der Waals surface area contributed by atoms with Crippen molar-refractivity contribution in [3.8, 4) is 0 Å². The van der Waals surface area contributed by atoms with Gasteiger partial charge in [0.15, 0.2) is 0 Å². The van der Waals surface area contributed by atoms with Crippen molar-refractivity contribution in [2.24, 2.45) is 0 Å². The molecule has 0 saturated heterocycles. The smallest absolute Gasteiger partial charge is 0.0616 e. The van der Waals surface area contributed by atoms with E-state index >= 15 is 0 Å². The van der Waals surface area contributed by atoms with Crippen LogP contribution < -0.4 is 5.32 Å². The Kier molecular flexibility index (Phi) is 5.81. The van der Waals surface area contributed by atoms with Gasteiger partial charge in [0.25, 0.3) is 0 Å². The molecular formula is C13H20ClNO. The summed E-state index contributed by atoms with van der Waals surface area (Å²) in [5.74, 6) is 0. The molecule has 0 fully saturated rings. The molecule has 2 nitrogen and oxygen atoms in total. The summed E-state index contributed by atoms with van der Waals surface area (Å²) in [6, 6.07) is 8.60. The van der Waals surface area contributed by atoms with Gasteiger partial charge in [-0.15, -0.1) is 0 Å². The molecule has 0 aromatic heterocycles. The maximum Gasteiger partial charge on any atom is 0.0616 e. The number of hydrogen-bond acceptors (Lipinski definition) is 2. The molecule has 1 unspecified atom stereocenters. The topological polar surface area (TPSA) is 21.3 Å². The number of hydrogen-bond donors (Lipinski definition) is 1. The van der Waals surface area contributed by atoms with E-state index in [4.69, 9.17) is 16.3 Å². The van der Waals surface area contributed by atoms with Gasteiger partial charge in [-0.3, -0.25) is 0 Å². The van der Waals surface area contributed by atoms with E-state index in [2.05, 4.69) is 19.2 Å². The van der Waals surface area contributed by atoms with Crippen LogP contribution in [-0.2, 0) is 4.74 Å². The van der Waals surface area contributed by atoms with Gasteiger partial charge in [0.1, 0.15) is 0 Å². The molecule has 90 valence electrons. The number of rotatable bonds is 6. The third-order valence-electron chi connectivity index (χ3n) is 2.48. The van der Waals surface area contributed by atoms with Crippen LogP contribution in [0.3, 0.4) is 0 Å². The lowest BCUT2D eigenvalue weighted by Crippen LogP contribution is -2.32. The van der Waals surface area contributed by atoms with Gasteiger partial charge in [0, 0.05) is 23.7 Å². The molecule has 0 aliphatic rings. The van der Waals surface area contributed by atoms with E-state index < -0.39 is 0 Å². The Morgan fingerprint density at radius 1 is 1.25 bits per heavy atom. The Morgan fingerprint density at radius 3 is 2.44 bits per heavy atom. The monoisotopic (exact) mass is 241 g/mol. The van der Waals surface area contributed by atoms with Crippen LogP contribution >= 0.6 is 11.6 Å². The predicted molar refractivity (Wildman–Crippen MR) is 69.0 cm³/mol. The van der Waals surface area contributed by atoms with E-state index in [1.807, 2.05) is 31.2 Å². The molecular weight excluding hydrogens is 222 g/mol. The molecule has 0 aliphatic heterocycles. The van der Waals surface area contributed by atoms with Gasteiger partial charge >= 0.3 is 0 Å². The Morgan fingerprint density at radius 2 is 1.88 bits per heavy atom. The Bertz CT molecular complexity index is 299. The van der Waals surface area contributed by atoms with Crippen LogP contribution in [0.2, 0.25) is 5.02 Å². The molecule has 2 atom stereocenters. The van der Waals surface area contributed by atoms with Crippen LogP contribution in [0.1, 0.15) is 32.4 Å². The molecule has 16 heavy (non-hydrogen) atoms. The maximum atomic E-state index is 5.85. The van der Waals surface area contributed by atoms with Gasteiger partial charge in [-0.05, 0) is 38.5 Å². The van der Waals surface area contributed by atoms with Gasteiger partial charge in [-0.25, -0.2) is 0 Å². The van der Waals surface area contributed by atoms with Crippen LogP contribution in [0, 0.1) is 0 Å². The minimum atomic E-state index is 0.313. The van der Waals surface area contributed by atoms with Crippen molar-refractivity contribution in [2.75, 3.05) is 13.2 Å². The quantitative estimate of drug-likeness (QED) is 0.824. The molecule has 0 heterocycles. The van der Waals surface area contributed by atoms with E-state index in [1.165, 1.54) is 5.56 Å². The van der Waals surface area contributed by atoms with Crippen molar-refractivity contribution >= 4 is 11.6 Å². The third kappa shape index (κ3) is 4.52. The molecule has 0 aliphatic carbocycles. The summed E-state index contributed by atoms with van der Waals surface area (Å²) in [5, 5.41) is 4.26. The second-order valence-electron chi connectivity index (χ2n) is 4.00. The molecule has 0 radical (unpaired) electrons. The average Bonchev–Trinajstić information content (AvgIpc) is 2.27. The van der Waals surface area contributed by atoms with Crippen LogP contribution in [0.25, 0.3) is 0 Å². The summed E-state index contributed by atoms with van der Waals surface area (Å²) in [7, 11) is 0. The van der Waals surface area contributed by atoms with Crippen molar-refractivity contribution in [1.29, 1.82) is 0 Å². The van der Waals surface area contributed by atoms with Gasteiger partial charge < -0.3 is 10.1 Å². The second kappa shape index (κ2) is 6.89. The first-order valence-electron chi connectivity index (χ1n) is 5.72. The van der Waals surface area contributed by atoms with Crippen molar-refractivity contribution in [3.05, 3.63) is 34.9 Å². The highest BCUT2D eigenvalue weighted by atomic mass is 35.5. The lowest BCUT2D eigenvalue weighted by Gasteiger charge is -2.20. The zero-order valence-corrected chi connectivity index (χ0v) is 10.9. The fourth-order valence-corrected chi connectivity index (χ4v) is 1.74. The minimum absolute atomic E-state index is 0.313. The van der Waals surface area contributed by atoms with Crippen LogP contribution in [0.15, 0.2) is 24.3 Å². The van der Waals surface area contributed by atoms with Crippen LogP contribution in [0.5, 0.6) is 0 Å². The number of halogens is 1. The standard InChI is InChI=1S/C13H20ClNO/c1-4-16-9-10(2)15-11(3)12-5-7-13(14)8-6-12/h5-8,10-11,15H,4,9H2,1-3H3/t10?,11-/m1/s1. The third-order valence-corrected chi connectivity index (χ3v) is 2.73. The fourth-order valence-electron chi connectivity index (χ4n) is 1.62. The van der Waals surface area contributed by atoms with E-state index in [0.29, 0.717) is 12.1 Å². The van der Waals surface area contributed by atoms with E-state index in [1.54, 1.807) is 0 Å². The molecule has 0 saturated carbocycles. The lowest BCUT2D eigenvalue weighted by atomic mass is 10.1. The largest absolute Gasteiger partial charge is 0.380 e. The van der Waals surface area contributed by atoms with Crippen LogP contribution in [-0.4, -0.2) is 19.3 Å². The first kappa shape index (κ1) is 13.5. The Hall–Kier alpha value is -0.570. The Labute approximate surface area is 103 Å². The van der Waals surface area contributed by atoms with Gasteiger partial charge in [0.05, 0.1) is 6.61 Å².